The molecule has 0 saturated heterocycles. The summed E-state index contributed by atoms with van der Waals surface area (Å²) in [6.07, 6.45) is 5.69. The normalized spacial score (nSPS) is 11.6. The van der Waals surface area contributed by atoms with E-state index in [0.717, 1.165) is 0 Å². The fourth-order valence-corrected chi connectivity index (χ4v) is 1.42. The number of hydrogen-bond donors (Lipinski definition) is 4. The maximum atomic E-state index is 11.6. The number of aromatic nitrogens is 5. The van der Waals surface area contributed by atoms with E-state index in [4.69, 9.17) is 5.11 Å². The van der Waals surface area contributed by atoms with Gasteiger partial charge in [0.05, 0.1) is 18.7 Å². The van der Waals surface area contributed by atoms with E-state index in [9.17, 15) is 9.59 Å². The Morgan fingerprint density at radius 2 is 2.25 bits per heavy atom. The van der Waals surface area contributed by atoms with E-state index in [1.807, 2.05) is 0 Å². The number of aromatic amines is 1. The summed E-state index contributed by atoms with van der Waals surface area (Å²) in [5.41, 5.74) is 0.593. The second-order valence-corrected chi connectivity index (χ2v) is 3.74. The van der Waals surface area contributed by atoms with Crippen LogP contribution in [0.4, 0.5) is 10.7 Å². The first-order valence-electron chi connectivity index (χ1n) is 5.56. The first kappa shape index (κ1) is 13.4. The Labute approximate surface area is 112 Å². The average molecular weight is 277 g/mol. The van der Waals surface area contributed by atoms with Crippen LogP contribution in [-0.2, 0) is 11.2 Å². The molecule has 0 aromatic carbocycles. The van der Waals surface area contributed by atoms with Gasteiger partial charge in [-0.05, 0) is 0 Å². The van der Waals surface area contributed by atoms with Crippen molar-refractivity contribution in [2.24, 2.45) is 0 Å². The predicted molar refractivity (Wildman–Crippen MR) is 65.7 cm³/mol. The molecule has 1 atom stereocenters. The van der Waals surface area contributed by atoms with E-state index in [0.29, 0.717) is 5.69 Å². The lowest BCUT2D eigenvalue weighted by atomic mass is 10.2. The Bertz CT molecular complexity index is 572. The van der Waals surface area contributed by atoms with Crippen LogP contribution in [0.3, 0.4) is 0 Å². The van der Waals surface area contributed by atoms with E-state index in [2.05, 4.69) is 35.8 Å². The zero-order chi connectivity index (χ0) is 14.4. The third-order valence-electron chi connectivity index (χ3n) is 2.29. The number of urea groups is 1. The number of carboxylic acids is 1. The highest BCUT2D eigenvalue weighted by molar-refractivity contribution is 5.90. The fraction of sp³-hybridized carbons (Fsp3) is 0.200. The van der Waals surface area contributed by atoms with Crippen molar-refractivity contribution in [3.05, 3.63) is 30.6 Å². The monoisotopic (exact) mass is 277 g/mol. The van der Waals surface area contributed by atoms with Crippen LogP contribution in [0, 0.1) is 0 Å². The van der Waals surface area contributed by atoms with Gasteiger partial charge in [0.2, 0.25) is 0 Å². The molecule has 0 spiro atoms. The Morgan fingerprint density at radius 1 is 1.40 bits per heavy atom. The molecule has 0 saturated carbocycles. The lowest BCUT2D eigenvalue weighted by Gasteiger charge is -2.13. The van der Waals surface area contributed by atoms with Crippen molar-refractivity contribution in [3.8, 4) is 0 Å². The SMILES string of the molecule is O=C(Nc1nccnn1)N[C@@H](Cc1cnc[nH]1)C(=O)O. The van der Waals surface area contributed by atoms with Crippen LogP contribution in [0.25, 0.3) is 0 Å². The molecule has 20 heavy (non-hydrogen) atoms. The average Bonchev–Trinajstić information content (AvgIpc) is 2.92. The molecule has 2 rings (SSSR count). The number of anilines is 1. The van der Waals surface area contributed by atoms with Crippen LogP contribution in [-0.4, -0.2) is 48.3 Å². The van der Waals surface area contributed by atoms with Gasteiger partial charge in [0, 0.05) is 18.3 Å². The zero-order valence-electron chi connectivity index (χ0n) is 10.1. The van der Waals surface area contributed by atoms with Gasteiger partial charge < -0.3 is 15.4 Å². The largest absolute Gasteiger partial charge is 0.480 e. The van der Waals surface area contributed by atoms with Crippen LogP contribution >= 0.6 is 0 Å². The van der Waals surface area contributed by atoms with E-state index >= 15 is 0 Å². The summed E-state index contributed by atoms with van der Waals surface area (Å²) in [5, 5.41) is 20.7. The quantitative estimate of drug-likeness (QED) is 0.571. The molecule has 2 amide bonds. The Hall–Kier alpha value is -3.04. The third kappa shape index (κ3) is 3.73. The zero-order valence-corrected chi connectivity index (χ0v) is 10.1. The molecule has 10 nitrogen and oxygen atoms in total. The highest BCUT2D eigenvalue weighted by Gasteiger charge is 2.21. The van der Waals surface area contributed by atoms with Crippen molar-refractivity contribution in [1.29, 1.82) is 0 Å². The number of carboxylic acid groups (broad SMARTS) is 1. The van der Waals surface area contributed by atoms with Crippen LogP contribution < -0.4 is 10.6 Å². The molecule has 2 aromatic rings. The van der Waals surface area contributed by atoms with Crippen molar-refractivity contribution < 1.29 is 14.7 Å². The fourth-order valence-electron chi connectivity index (χ4n) is 1.42. The number of imidazole rings is 1. The number of carbonyl (C=O) groups is 2. The molecule has 2 aromatic heterocycles. The molecule has 4 N–H and O–H groups in total. The number of hydrogen-bond acceptors (Lipinski definition) is 6. The number of amides is 2. The summed E-state index contributed by atoms with van der Waals surface area (Å²) in [7, 11) is 0. The van der Waals surface area contributed by atoms with Gasteiger partial charge in [0.1, 0.15) is 6.04 Å². The molecular formula is C10H11N7O3. The molecule has 0 fully saturated rings. The lowest BCUT2D eigenvalue weighted by Crippen LogP contribution is -2.44. The molecular weight excluding hydrogens is 266 g/mol. The first-order valence-corrected chi connectivity index (χ1v) is 5.56. The minimum atomic E-state index is -1.16. The highest BCUT2D eigenvalue weighted by atomic mass is 16.4. The molecule has 0 aliphatic carbocycles. The predicted octanol–water partition coefficient (Wildman–Crippen LogP) is -0.588. The van der Waals surface area contributed by atoms with Crippen molar-refractivity contribution in [2.75, 3.05) is 5.32 Å². The van der Waals surface area contributed by atoms with Crippen molar-refractivity contribution in [2.45, 2.75) is 12.5 Å². The lowest BCUT2D eigenvalue weighted by molar-refractivity contribution is -0.139. The third-order valence-corrected chi connectivity index (χ3v) is 2.29. The molecule has 0 aliphatic rings. The number of nitrogens with one attached hydrogen (secondary N) is 3. The summed E-state index contributed by atoms with van der Waals surface area (Å²) in [4.78, 5) is 33.0. The number of carbonyl (C=O) groups excluding carboxylic acids is 1. The van der Waals surface area contributed by atoms with Gasteiger partial charge in [0.25, 0.3) is 5.95 Å². The minimum Gasteiger partial charge on any atom is -0.480 e. The Morgan fingerprint density at radius 3 is 2.85 bits per heavy atom. The minimum absolute atomic E-state index is 0.0179. The standard InChI is InChI=1S/C10H11N7O3/c18-8(19)7(3-6-4-11-5-13-6)15-10(20)16-9-12-1-2-14-17-9/h1-2,4-5,7H,3H2,(H,11,13)(H,18,19)(H2,12,15,16,17,20)/t7-/m0/s1. The smallest absolute Gasteiger partial charge is 0.326 e. The molecule has 0 aliphatic heterocycles. The summed E-state index contributed by atoms with van der Waals surface area (Å²) in [5.74, 6) is -1.18. The van der Waals surface area contributed by atoms with Gasteiger partial charge in [-0.2, -0.15) is 5.10 Å². The summed E-state index contributed by atoms with van der Waals surface area (Å²) < 4.78 is 0. The summed E-state index contributed by atoms with van der Waals surface area (Å²) >= 11 is 0. The number of rotatable bonds is 5. The molecule has 0 unspecified atom stereocenters. The van der Waals surface area contributed by atoms with Gasteiger partial charge in [-0.15, -0.1) is 5.10 Å². The number of nitrogens with zero attached hydrogens (tertiary/aromatic N) is 4. The molecule has 104 valence electrons. The second-order valence-electron chi connectivity index (χ2n) is 3.74. The molecule has 2 heterocycles. The van der Waals surface area contributed by atoms with Crippen LogP contribution in [0.15, 0.2) is 24.9 Å². The maximum Gasteiger partial charge on any atom is 0.326 e. The van der Waals surface area contributed by atoms with Crippen LogP contribution in [0.2, 0.25) is 0 Å². The Kier molecular flexibility index (Phi) is 4.17. The highest BCUT2D eigenvalue weighted by Crippen LogP contribution is 2.00. The van der Waals surface area contributed by atoms with Gasteiger partial charge in [0.15, 0.2) is 0 Å². The second kappa shape index (κ2) is 6.22. The van der Waals surface area contributed by atoms with Crippen LogP contribution in [0.1, 0.15) is 5.69 Å². The maximum absolute atomic E-state index is 11.6. The number of aliphatic carboxylic acids is 1. The van der Waals surface area contributed by atoms with Crippen molar-refractivity contribution in [3.63, 3.8) is 0 Å². The molecule has 0 radical (unpaired) electrons. The summed E-state index contributed by atoms with van der Waals surface area (Å²) in [6, 6.07) is -1.84. The Balaban J connectivity index is 1.94. The van der Waals surface area contributed by atoms with Crippen molar-refractivity contribution in [1.82, 2.24) is 30.5 Å². The van der Waals surface area contributed by atoms with E-state index in [1.165, 1.54) is 24.9 Å². The van der Waals surface area contributed by atoms with Gasteiger partial charge in [-0.1, -0.05) is 0 Å². The van der Waals surface area contributed by atoms with E-state index in [1.54, 1.807) is 0 Å². The number of H-pyrrole nitrogens is 1. The van der Waals surface area contributed by atoms with Gasteiger partial charge in [-0.25, -0.2) is 19.6 Å². The molecule has 0 bridgehead atoms. The topological polar surface area (TPSA) is 146 Å². The van der Waals surface area contributed by atoms with Crippen molar-refractivity contribution >= 4 is 17.9 Å². The van der Waals surface area contributed by atoms with Gasteiger partial charge >= 0.3 is 12.0 Å². The van der Waals surface area contributed by atoms with E-state index < -0.39 is 18.0 Å². The van der Waals surface area contributed by atoms with Crippen LogP contribution in [0.5, 0.6) is 0 Å². The molecule has 10 heteroatoms. The first-order chi connectivity index (χ1) is 9.65. The van der Waals surface area contributed by atoms with Gasteiger partial charge in [-0.3, -0.25) is 5.32 Å². The summed E-state index contributed by atoms with van der Waals surface area (Å²) in [6.45, 7) is 0. The van der Waals surface area contributed by atoms with E-state index in [-0.39, 0.29) is 12.4 Å².